The third-order valence-corrected chi connectivity index (χ3v) is 5.75. The highest BCUT2D eigenvalue weighted by atomic mass is 16.5. The Labute approximate surface area is 185 Å². The van der Waals surface area contributed by atoms with E-state index < -0.39 is 6.10 Å². The number of hydrogen-bond acceptors (Lipinski definition) is 5. The molecular formula is C24H36N2O5. The minimum atomic E-state index is -0.700. The fraction of sp³-hybridized carbons (Fsp3) is 0.625. The Bertz CT molecular complexity index is 784. The van der Waals surface area contributed by atoms with Gasteiger partial charge in [-0.3, -0.25) is 14.4 Å². The van der Waals surface area contributed by atoms with Crippen molar-refractivity contribution in [2.24, 2.45) is 5.92 Å². The van der Waals surface area contributed by atoms with Gasteiger partial charge in [0.15, 0.2) is 6.10 Å². The van der Waals surface area contributed by atoms with E-state index in [9.17, 15) is 14.4 Å². The molecule has 1 aromatic rings. The summed E-state index contributed by atoms with van der Waals surface area (Å²) in [5.41, 5.74) is 2.11. The van der Waals surface area contributed by atoms with Gasteiger partial charge in [0.05, 0.1) is 19.1 Å². The third kappa shape index (κ3) is 6.71. The lowest BCUT2D eigenvalue weighted by Crippen LogP contribution is -2.47. The molecule has 1 aliphatic rings. The molecule has 0 aliphatic carbocycles. The highest BCUT2D eigenvalue weighted by Gasteiger charge is 2.30. The average Bonchev–Trinajstić information content (AvgIpc) is 2.74. The quantitative estimate of drug-likeness (QED) is 0.590. The topological polar surface area (TPSA) is 76.2 Å². The van der Waals surface area contributed by atoms with Crippen LogP contribution in [0.1, 0.15) is 57.6 Å². The zero-order chi connectivity index (χ0) is 23.1. The Kier molecular flexibility index (Phi) is 8.89. The normalized spacial score (nSPS) is 15.5. The van der Waals surface area contributed by atoms with Gasteiger partial charge < -0.3 is 19.3 Å². The second-order valence-corrected chi connectivity index (χ2v) is 8.54. The van der Waals surface area contributed by atoms with Gasteiger partial charge in [-0.15, -0.1) is 0 Å². The van der Waals surface area contributed by atoms with E-state index in [2.05, 4.69) is 19.9 Å². The molecule has 1 atom stereocenters. The summed E-state index contributed by atoms with van der Waals surface area (Å²) >= 11 is 0. The number of carbonyl (C=O) groups is 3. The van der Waals surface area contributed by atoms with Crippen molar-refractivity contribution in [1.29, 1.82) is 0 Å². The predicted molar refractivity (Wildman–Crippen MR) is 119 cm³/mol. The zero-order valence-corrected chi connectivity index (χ0v) is 19.6. The molecule has 7 heteroatoms. The van der Waals surface area contributed by atoms with Crippen LogP contribution in [0.3, 0.4) is 0 Å². The van der Waals surface area contributed by atoms with Crippen LogP contribution in [0, 0.1) is 12.8 Å². The number of amides is 2. The summed E-state index contributed by atoms with van der Waals surface area (Å²) in [6, 6.07) is 6.03. The van der Waals surface area contributed by atoms with Gasteiger partial charge in [-0.05, 0) is 56.7 Å². The number of ether oxygens (including phenoxy) is 2. The number of likely N-dealkylation sites (tertiary alicyclic amines) is 1. The molecule has 1 aromatic carbocycles. The lowest BCUT2D eigenvalue weighted by Gasteiger charge is -2.32. The van der Waals surface area contributed by atoms with Crippen molar-refractivity contribution < 1.29 is 23.9 Å². The monoisotopic (exact) mass is 432 g/mol. The molecule has 7 nitrogen and oxygen atoms in total. The minimum absolute atomic E-state index is 0.0123. The Morgan fingerprint density at radius 3 is 2.39 bits per heavy atom. The molecule has 1 heterocycles. The SMILES string of the molecule is CCOC(=O)C1CCN(C(=O)CN(C)C(=O)C(C)Oc2cc(C(C)C)ccc2C)CC1. The Morgan fingerprint density at radius 1 is 1.16 bits per heavy atom. The summed E-state index contributed by atoms with van der Waals surface area (Å²) in [4.78, 5) is 40.4. The average molecular weight is 433 g/mol. The maximum atomic E-state index is 12.8. The minimum Gasteiger partial charge on any atom is -0.481 e. The van der Waals surface area contributed by atoms with Gasteiger partial charge in [-0.1, -0.05) is 26.0 Å². The lowest BCUT2D eigenvalue weighted by molar-refractivity contribution is -0.151. The largest absolute Gasteiger partial charge is 0.481 e. The maximum absolute atomic E-state index is 12.8. The van der Waals surface area contributed by atoms with Gasteiger partial charge in [0.25, 0.3) is 5.91 Å². The van der Waals surface area contributed by atoms with Crippen LogP contribution >= 0.6 is 0 Å². The number of piperidine rings is 1. The molecule has 0 N–H and O–H groups in total. The number of nitrogens with zero attached hydrogens (tertiary/aromatic N) is 2. The fourth-order valence-corrected chi connectivity index (χ4v) is 3.66. The van der Waals surface area contributed by atoms with Crippen molar-refractivity contribution in [3.05, 3.63) is 29.3 Å². The van der Waals surface area contributed by atoms with Crippen LogP contribution in [0.4, 0.5) is 0 Å². The van der Waals surface area contributed by atoms with Crippen molar-refractivity contribution in [1.82, 2.24) is 9.80 Å². The summed E-state index contributed by atoms with van der Waals surface area (Å²) in [6.45, 7) is 11.0. The lowest BCUT2D eigenvalue weighted by atomic mass is 9.97. The summed E-state index contributed by atoms with van der Waals surface area (Å²) < 4.78 is 11.0. The summed E-state index contributed by atoms with van der Waals surface area (Å²) in [5, 5.41) is 0. The molecule has 2 rings (SSSR count). The smallest absolute Gasteiger partial charge is 0.309 e. The second kappa shape index (κ2) is 11.2. The highest BCUT2D eigenvalue weighted by molar-refractivity contribution is 5.87. The maximum Gasteiger partial charge on any atom is 0.309 e. The molecule has 0 bridgehead atoms. The molecule has 0 radical (unpaired) electrons. The van der Waals surface area contributed by atoms with Crippen molar-refractivity contribution in [3.8, 4) is 5.75 Å². The van der Waals surface area contributed by atoms with E-state index in [1.807, 2.05) is 19.1 Å². The predicted octanol–water partition coefficient (Wildman–Crippen LogP) is 3.15. The van der Waals surface area contributed by atoms with E-state index >= 15 is 0 Å². The van der Waals surface area contributed by atoms with E-state index in [-0.39, 0.29) is 30.2 Å². The van der Waals surface area contributed by atoms with Crippen LogP contribution in [0.15, 0.2) is 18.2 Å². The summed E-state index contributed by atoms with van der Waals surface area (Å²) in [7, 11) is 1.61. The number of likely N-dealkylation sites (N-methyl/N-ethyl adjacent to an activating group) is 1. The molecule has 1 aliphatic heterocycles. The zero-order valence-electron chi connectivity index (χ0n) is 19.6. The standard InChI is InChI=1S/C24H36N2O5/c1-7-30-24(29)19-10-12-26(13-11-19)22(27)15-25(6)23(28)18(5)31-21-14-20(16(2)3)9-8-17(21)4/h8-9,14,16,18-19H,7,10-13,15H2,1-6H3. The Balaban J connectivity index is 1.88. The number of benzene rings is 1. The van der Waals surface area contributed by atoms with Crippen LogP contribution in [-0.4, -0.2) is 67.0 Å². The van der Waals surface area contributed by atoms with Crippen molar-refractivity contribution in [2.45, 2.75) is 59.5 Å². The van der Waals surface area contributed by atoms with Gasteiger partial charge >= 0.3 is 5.97 Å². The van der Waals surface area contributed by atoms with Gasteiger partial charge in [-0.25, -0.2) is 0 Å². The van der Waals surface area contributed by atoms with Crippen molar-refractivity contribution >= 4 is 17.8 Å². The van der Waals surface area contributed by atoms with Crippen LogP contribution in [-0.2, 0) is 19.1 Å². The van der Waals surface area contributed by atoms with E-state index in [0.29, 0.717) is 44.2 Å². The van der Waals surface area contributed by atoms with Crippen LogP contribution in [0.5, 0.6) is 5.75 Å². The number of aryl methyl sites for hydroxylation is 1. The van der Waals surface area contributed by atoms with Crippen molar-refractivity contribution in [2.75, 3.05) is 33.3 Å². The van der Waals surface area contributed by atoms with Gasteiger partial charge in [0.2, 0.25) is 5.91 Å². The van der Waals surface area contributed by atoms with E-state index in [4.69, 9.17) is 9.47 Å². The molecule has 31 heavy (non-hydrogen) atoms. The Morgan fingerprint density at radius 2 is 1.81 bits per heavy atom. The molecule has 1 unspecified atom stereocenters. The number of rotatable bonds is 8. The number of hydrogen-bond donors (Lipinski definition) is 0. The molecular weight excluding hydrogens is 396 g/mol. The van der Waals surface area contributed by atoms with E-state index in [1.165, 1.54) is 4.90 Å². The first kappa shape index (κ1) is 24.7. The molecule has 2 amide bonds. The molecule has 0 aromatic heterocycles. The molecule has 0 saturated carbocycles. The fourth-order valence-electron chi connectivity index (χ4n) is 3.66. The third-order valence-electron chi connectivity index (χ3n) is 5.75. The first-order chi connectivity index (χ1) is 14.6. The second-order valence-electron chi connectivity index (χ2n) is 8.54. The van der Waals surface area contributed by atoms with Gasteiger partial charge in [-0.2, -0.15) is 0 Å². The van der Waals surface area contributed by atoms with Crippen LogP contribution in [0.2, 0.25) is 0 Å². The van der Waals surface area contributed by atoms with Crippen LogP contribution in [0.25, 0.3) is 0 Å². The number of carbonyl (C=O) groups excluding carboxylic acids is 3. The summed E-state index contributed by atoms with van der Waals surface area (Å²) in [6.07, 6.45) is 0.480. The number of esters is 1. The van der Waals surface area contributed by atoms with Crippen LogP contribution < -0.4 is 4.74 Å². The molecule has 1 saturated heterocycles. The molecule has 0 spiro atoms. The van der Waals surface area contributed by atoms with E-state index in [0.717, 1.165) is 11.1 Å². The van der Waals surface area contributed by atoms with Gasteiger partial charge in [0.1, 0.15) is 5.75 Å². The molecule has 1 fully saturated rings. The first-order valence-electron chi connectivity index (χ1n) is 11.1. The Hall–Kier alpha value is -2.57. The van der Waals surface area contributed by atoms with E-state index in [1.54, 1.807) is 25.8 Å². The summed E-state index contributed by atoms with van der Waals surface area (Å²) in [5.74, 6) is 0.341. The van der Waals surface area contributed by atoms with Crippen molar-refractivity contribution in [3.63, 3.8) is 0 Å². The first-order valence-corrected chi connectivity index (χ1v) is 11.1. The molecule has 172 valence electrons. The highest BCUT2D eigenvalue weighted by Crippen LogP contribution is 2.25. The van der Waals surface area contributed by atoms with Gasteiger partial charge in [0, 0.05) is 20.1 Å².